The topological polar surface area (TPSA) is 46.4 Å². The fourth-order valence-electron chi connectivity index (χ4n) is 2.87. The van der Waals surface area contributed by atoms with Crippen molar-refractivity contribution >= 4 is 22.0 Å². The number of halogens is 5. The van der Waals surface area contributed by atoms with Crippen LogP contribution in [-0.4, -0.2) is 16.4 Å². The van der Waals surface area contributed by atoms with Crippen molar-refractivity contribution in [2.75, 3.05) is 7.05 Å². The first-order valence-corrected chi connectivity index (χ1v) is 8.78. The molecule has 0 aliphatic rings. The lowest BCUT2D eigenvalue weighted by molar-refractivity contribution is -0.138. The number of rotatable bonds is 4. The molecule has 0 amide bonds. The molecule has 0 saturated carbocycles. The van der Waals surface area contributed by atoms with Crippen molar-refractivity contribution in [2.45, 2.75) is 19.5 Å². The molecular formula is C18H14F5N3OS. The highest BCUT2D eigenvalue weighted by molar-refractivity contribution is 7.17. The number of hydrogen-bond acceptors (Lipinski definition) is 4. The van der Waals surface area contributed by atoms with Crippen molar-refractivity contribution in [3.05, 3.63) is 74.2 Å². The standard InChI is InChI=1S/C18H14F5N3OS/c1-8(24-3)16-9(2)28-17-25-11(6-15(27)26(16)17)4-10-5-13(19)14(20)7-12(10)18(21,22)23/h5-7,24H,1,4H2,2-3H3. The Hall–Kier alpha value is -2.75. The van der Waals surface area contributed by atoms with E-state index in [9.17, 15) is 26.7 Å². The molecule has 2 aromatic heterocycles. The van der Waals surface area contributed by atoms with Crippen LogP contribution in [0.5, 0.6) is 0 Å². The minimum Gasteiger partial charge on any atom is -0.387 e. The first-order chi connectivity index (χ1) is 13.0. The van der Waals surface area contributed by atoms with Crippen molar-refractivity contribution in [3.63, 3.8) is 0 Å². The van der Waals surface area contributed by atoms with Crippen molar-refractivity contribution in [3.8, 4) is 0 Å². The van der Waals surface area contributed by atoms with Crippen molar-refractivity contribution in [1.29, 1.82) is 0 Å². The molecule has 0 aliphatic heterocycles. The lowest BCUT2D eigenvalue weighted by Crippen LogP contribution is -2.19. The molecule has 3 aromatic rings. The van der Waals surface area contributed by atoms with Gasteiger partial charge in [0.2, 0.25) is 0 Å². The Morgan fingerprint density at radius 3 is 2.50 bits per heavy atom. The lowest BCUT2D eigenvalue weighted by atomic mass is 10.0. The Bertz CT molecular complexity index is 1150. The first-order valence-electron chi connectivity index (χ1n) is 7.97. The van der Waals surface area contributed by atoms with Gasteiger partial charge < -0.3 is 5.32 Å². The summed E-state index contributed by atoms with van der Waals surface area (Å²) in [5.74, 6) is -3.00. The van der Waals surface area contributed by atoms with Gasteiger partial charge in [0.25, 0.3) is 5.56 Å². The molecule has 0 bridgehead atoms. The lowest BCUT2D eigenvalue weighted by Gasteiger charge is -2.13. The van der Waals surface area contributed by atoms with Gasteiger partial charge >= 0.3 is 6.18 Å². The van der Waals surface area contributed by atoms with Crippen molar-refractivity contribution < 1.29 is 22.0 Å². The summed E-state index contributed by atoms with van der Waals surface area (Å²) in [6.45, 7) is 5.58. The van der Waals surface area contributed by atoms with E-state index in [1.807, 2.05) is 0 Å². The van der Waals surface area contributed by atoms with E-state index in [-0.39, 0.29) is 16.7 Å². The van der Waals surface area contributed by atoms with Gasteiger partial charge in [-0.2, -0.15) is 13.2 Å². The predicted octanol–water partition coefficient (Wildman–Crippen LogP) is 4.14. The fourth-order valence-corrected chi connectivity index (χ4v) is 3.89. The van der Waals surface area contributed by atoms with Gasteiger partial charge in [-0.1, -0.05) is 6.58 Å². The number of fused-ring (bicyclic) bond motifs is 1. The Balaban J connectivity index is 2.14. The minimum absolute atomic E-state index is 0.0179. The van der Waals surface area contributed by atoms with Crippen LogP contribution in [-0.2, 0) is 12.6 Å². The largest absolute Gasteiger partial charge is 0.416 e. The van der Waals surface area contributed by atoms with E-state index >= 15 is 0 Å². The zero-order chi connectivity index (χ0) is 20.8. The van der Waals surface area contributed by atoms with Crippen LogP contribution in [0, 0.1) is 18.6 Å². The molecule has 0 atom stereocenters. The number of hydrogen-bond donors (Lipinski definition) is 1. The van der Waals surface area contributed by atoms with Crippen LogP contribution < -0.4 is 10.9 Å². The molecular weight excluding hydrogens is 401 g/mol. The monoisotopic (exact) mass is 415 g/mol. The molecule has 0 aliphatic carbocycles. The molecule has 0 unspecified atom stereocenters. The second-order valence-corrected chi connectivity index (χ2v) is 7.22. The number of nitrogens with one attached hydrogen (secondary N) is 1. The highest BCUT2D eigenvalue weighted by atomic mass is 32.1. The maximum absolute atomic E-state index is 13.5. The van der Waals surface area contributed by atoms with Gasteiger partial charge in [0.1, 0.15) is 0 Å². The maximum Gasteiger partial charge on any atom is 0.416 e. The molecule has 10 heteroatoms. The average molecular weight is 415 g/mol. The number of aryl methyl sites for hydroxylation is 1. The highest BCUT2D eigenvalue weighted by Crippen LogP contribution is 2.34. The van der Waals surface area contributed by atoms with Crippen LogP contribution in [0.25, 0.3) is 10.7 Å². The first kappa shape index (κ1) is 20.0. The number of nitrogens with zero attached hydrogens (tertiary/aromatic N) is 2. The number of alkyl halides is 3. The summed E-state index contributed by atoms with van der Waals surface area (Å²) < 4.78 is 67.7. The quantitative estimate of drug-likeness (QED) is 0.652. The smallest absolute Gasteiger partial charge is 0.387 e. The molecule has 0 fully saturated rings. The van der Waals surface area contributed by atoms with Crippen LogP contribution in [0.3, 0.4) is 0 Å². The van der Waals surface area contributed by atoms with Crippen molar-refractivity contribution in [2.24, 2.45) is 0 Å². The molecule has 1 N–H and O–H groups in total. The second kappa shape index (κ2) is 7.01. The summed E-state index contributed by atoms with van der Waals surface area (Å²) in [5.41, 5.74) is -1.29. The molecule has 2 heterocycles. The second-order valence-electron chi connectivity index (χ2n) is 6.04. The van der Waals surface area contributed by atoms with Crippen LogP contribution in [0.15, 0.2) is 29.6 Å². The Kier molecular flexibility index (Phi) is 5.00. The third-order valence-electron chi connectivity index (χ3n) is 4.15. The van der Waals surface area contributed by atoms with E-state index in [0.29, 0.717) is 17.5 Å². The normalized spacial score (nSPS) is 11.8. The van der Waals surface area contributed by atoms with Crippen molar-refractivity contribution in [1.82, 2.24) is 14.7 Å². The Morgan fingerprint density at radius 1 is 1.25 bits per heavy atom. The number of benzene rings is 1. The van der Waals surface area contributed by atoms with Gasteiger partial charge in [0, 0.05) is 24.4 Å². The maximum atomic E-state index is 13.5. The molecule has 0 saturated heterocycles. The van der Waals surface area contributed by atoms with Crippen LogP contribution in [0.2, 0.25) is 0 Å². The van der Waals surface area contributed by atoms with Gasteiger partial charge in [-0.3, -0.25) is 4.79 Å². The van der Waals surface area contributed by atoms with E-state index in [1.165, 1.54) is 15.7 Å². The molecule has 148 valence electrons. The van der Waals surface area contributed by atoms with Crippen LogP contribution in [0.4, 0.5) is 22.0 Å². The summed E-state index contributed by atoms with van der Waals surface area (Å²) in [4.78, 5) is 17.8. The average Bonchev–Trinajstić information content (AvgIpc) is 2.92. The molecule has 4 nitrogen and oxygen atoms in total. The van der Waals surface area contributed by atoms with E-state index in [2.05, 4.69) is 16.9 Å². The summed E-state index contributed by atoms with van der Waals surface area (Å²) >= 11 is 1.17. The highest BCUT2D eigenvalue weighted by Gasteiger charge is 2.34. The molecule has 3 rings (SSSR count). The third kappa shape index (κ3) is 3.51. The van der Waals surface area contributed by atoms with Crippen LogP contribution >= 0.6 is 11.3 Å². The fraction of sp³-hybridized carbons (Fsp3) is 0.222. The minimum atomic E-state index is -4.87. The van der Waals surface area contributed by atoms with E-state index in [4.69, 9.17) is 0 Å². The van der Waals surface area contributed by atoms with Crippen LogP contribution in [0.1, 0.15) is 27.4 Å². The Labute approximate surface area is 160 Å². The van der Waals surface area contributed by atoms with Gasteiger partial charge in [0.15, 0.2) is 16.6 Å². The summed E-state index contributed by atoms with van der Waals surface area (Å²) in [7, 11) is 1.64. The summed E-state index contributed by atoms with van der Waals surface area (Å²) in [6.07, 6.45) is -5.35. The summed E-state index contributed by atoms with van der Waals surface area (Å²) in [6, 6.07) is 1.67. The zero-order valence-electron chi connectivity index (χ0n) is 14.7. The predicted molar refractivity (Wildman–Crippen MR) is 96.3 cm³/mol. The van der Waals surface area contributed by atoms with Gasteiger partial charge in [0.05, 0.1) is 22.6 Å². The Morgan fingerprint density at radius 2 is 1.89 bits per heavy atom. The SMILES string of the molecule is C=C(NC)c1c(C)sc2nc(Cc3cc(F)c(F)cc3C(F)(F)F)cc(=O)n12. The molecule has 1 aromatic carbocycles. The van der Waals surface area contributed by atoms with Gasteiger partial charge in [-0.15, -0.1) is 11.3 Å². The van der Waals surface area contributed by atoms with E-state index < -0.39 is 40.9 Å². The van der Waals surface area contributed by atoms with E-state index in [1.54, 1.807) is 14.0 Å². The zero-order valence-corrected chi connectivity index (χ0v) is 15.6. The van der Waals surface area contributed by atoms with Gasteiger partial charge in [-0.05, 0) is 24.6 Å². The molecule has 0 spiro atoms. The van der Waals surface area contributed by atoms with E-state index in [0.717, 1.165) is 10.9 Å². The number of aromatic nitrogens is 2. The third-order valence-corrected chi connectivity index (χ3v) is 5.11. The number of thiazole rings is 1. The molecule has 0 radical (unpaired) electrons. The summed E-state index contributed by atoms with van der Waals surface area (Å²) in [5, 5.41) is 2.84. The molecule has 28 heavy (non-hydrogen) atoms. The van der Waals surface area contributed by atoms with Gasteiger partial charge in [-0.25, -0.2) is 18.2 Å².